The van der Waals surface area contributed by atoms with Crippen LogP contribution in [0.3, 0.4) is 0 Å². The van der Waals surface area contributed by atoms with Gasteiger partial charge >= 0.3 is 0 Å². The molecule has 0 aromatic rings. The fraction of sp³-hybridized carbons (Fsp3) is 1.00. The molecule has 0 aliphatic carbocycles. The van der Waals surface area contributed by atoms with E-state index in [9.17, 15) is 0 Å². The fourth-order valence-corrected chi connectivity index (χ4v) is 1.19. The molecule has 15 heavy (non-hydrogen) atoms. The first kappa shape index (κ1) is 14.8. The minimum absolute atomic E-state index is 0.182. The maximum atomic E-state index is 5.61. The molecule has 0 aromatic heterocycles. The van der Waals surface area contributed by atoms with Crippen molar-refractivity contribution in [3.8, 4) is 0 Å². The van der Waals surface area contributed by atoms with Crippen LogP contribution in [0, 0.1) is 0 Å². The largest absolute Gasteiger partial charge is 0.382 e. The molecule has 0 aromatic carbocycles. The van der Waals surface area contributed by atoms with Crippen molar-refractivity contribution in [3.05, 3.63) is 0 Å². The van der Waals surface area contributed by atoms with Crippen molar-refractivity contribution in [2.45, 2.75) is 25.9 Å². The Hall–Kier alpha value is -0.160. The lowest BCUT2D eigenvalue weighted by atomic mass is 10.2. The molecule has 0 radical (unpaired) electrons. The molecule has 0 N–H and O–H groups in total. The van der Waals surface area contributed by atoms with E-state index in [2.05, 4.69) is 6.92 Å². The summed E-state index contributed by atoms with van der Waals surface area (Å²) in [4.78, 5) is 0. The second-order valence-electron chi connectivity index (χ2n) is 3.34. The van der Waals surface area contributed by atoms with Gasteiger partial charge in [-0.05, 0) is 6.42 Å². The Balaban J connectivity index is 3.44. The Labute approximate surface area is 92.8 Å². The molecule has 1 unspecified atom stereocenters. The van der Waals surface area contributed by atoms with E-state index < -0.39 is 0 Å². The van der Waals surface area contributed by atoms with E-state index in [-0.39, 0.29) is 6.10 Å². The summed E-state index contributed by atoms with van der Waals surface area (Å²) in [5.74, 6) is 0. The maximum Gasteiger partial charge on any atom is 0.0809 e. The number of hydrogen-bond acceptors (Lipinski definition) is 4. The summed E-state index contributed by atoms with van der Waals surface area (Å²) in [5, 5.41) is 0. The van der Waals surface area contributed by atoms with Crippen LogP contribution in [0.1, 0.15) is 19.8 Å². The molecule has 0 rings (SSSR count). The zero-order chi connectivity index (χ0) is 11.4. The number of ether oxygens (including phenoxy) is 4. The van der Waals surface area contributed by atoms with Crippen LogP contribution < -0.4 is 0 Å². The van der Waals surface area contributed by atoms with Crippen LogP contribution in [0.2, 0.25) is 0 Å². The summed E-state index contributed by atoms with van der Waals surface area (Å²) in [6.07, 6.45) is 2.31. The van der Waals surface area contributed by atoms with Crippen LogP contribution in [0.25, 0.3) is 0 Å². The topological polar surface area (TPSA) is 36.9 Å². The molecule has 0 spiro atoms. The fourth-order valence-electron chi connectivity index (χ4n) is 1.19. The van der Waals surface area contributed by atoms with Crippen molar-refractivity contribution in [1.29, 1.82) is 0 Å². The molecule has 0 aliphatic rings. The predicted octanol–water partition coefficient (Wildman–Crippen LogP) is 1.48. The van der Waals surface area contributed by atoms with Gasteiger partial charge in [-0.15, -0.1) is 0 Å². The highest BCUT2D eigenvalue weighted by Crippen LogP contribution is 2.02. The van der Waals surface area contributed by atoms with Gasteiger partial charge in [-0.25, -0.2) is 0 Å². The summed E-state index contributed by atoms with van der Waals surface area (Å²) < 4.78 is 20.9. The highest BCUT2D eigenvalue weighted by atomic mass is 16.6. The first-order valence-electron chi connectivity index (χ1n) is 5.52. The van der Waals surface area contributed by atoms with E-state index in [1.54, 1.807) is 14.2 Å². The Morgan fingerprint density at radius 1 is 0.933 bits per heavy atom. The van der Waals surface area contributed by atoms with Crippen molar-refractivity contribution in [1.82, 2.24) is 0 Å². The van der Waals surface area contributed by atoms with E-state index in [0.717, 1.165) is 12.8 Å². The van der Waals surface area contributed by atoms with Gasteiger partial charge in [0.15, 0.2) is 0 Å². The van der Waals surface area contributed by atoms with Crippen LogP contribution in [-0.2, 0) is 18.9 Å². The summed E-state index contributed by atoms with van der Waals surface area (Å²) >= 11 is 0. The minimum atomic E-state index is 0.182. The van der Waals surface area contributed by atoms with E-state index >= 15 is 0 Å². The second kappa shape index (κ2) is 11.9. The standard InChI is InChI=1S/C11H24O4/c1-4-5-11(15-9-7-13-3)10-14-8-6-12-2/h11H,4-10H2,1-3H3. The van der Waals surface area contributed by atoms with Gasteiger partial charge in [0.1, 0.15) is 0 Å². The predicted molar refractivity (Wildman–Crippen MR) is 59.2 cm³/mol. The smallest absolute Gasteiger partial charge is 0.0809 e. The zero-order valence-electron chi connectivity index (χ0n) is 10.2. The molecule has 0 aliphatic heterocycles. The summed E-state index contributed by atoms with van der Waals surface area (Å²) in [6.45, 7) is 5.32. The minimum Gasteiger partial charge on any atom is -0.382 e. The Morgan fingerprint density at radius 2 is 1.60 bits per heavy atom. The van der Waals surface area contributed by atoms with Gasteiger partial charge in [0.25, 0.3) is 0 Å². The summed E-state index contributed by atoms with van der Waals surface area (Å²) in [5.41, 5.74) is 0. The van der Waals surface area contributed by atoms with Crippen molar-refractivity contribution in [2.75, 3.05) is 47.3 Å². The molecule has 92 valence electrons. The first-order chi connectivity index (χ1) is 7.35. The zero-order valence-corrected chi connectivity index (χ0v) is 10.2. The van der Waals surface area contributed by atoms with Gasteiger partial charge in [-0.2, -0.15) is 0 Å². The van der Waals surface area contributed by atoms with Gasteiger partial charge in [0, 0.05) is 14.2 Å². The average molecular weight is 220 g/mol. The summed E-state index contributed by atoms with van der Waals surface area (Å²) in [7, 11) is 3.34. The number of hydrogen-bond donors (Lipinski definition) is 0. The average Bonchev–Trinajstić information content (AvgIpc) is 2.24. The van der Waals surface area contributed by atoms with Gasteiger partial charge < -0.3 is 18.9 Å². The third-order valence-electron chi connectivity index (χ3n) is 1.99. The maximum absolute atomic E-state index is 5.61. The van der Waals surface area contributed by atoms with Gasteiger partial charge in [-0.1, -0.05) is 13.3 Å². The van der Waals surface area contributed by atoms with E-state index in [1.807, 2.05) is 0 Å². The second-order valence-corrected chi connectivity index (χ2v) is 3.34. The van der Waals surface area contributed by atoms with Crippen LogP contribution >= 0.6 is 0 Å². The van der Waals surface area contributed by atoms with Crippen molar-refractivity contribution < 1.29 is 18.9 Å². The van der Waals surface area contributed by atoms with E-state index in [4.69, 9.17) is 18.9 Å². The van der Waals surface area contributed by atoms with Crippen LogP contribution in [0.4, 0.5) is 0 Å². The van der Waals surface area contributed by atoms with Crippen molar-refractivity contribution in [3.63, 3.8) is 0 Å². The highest BCUT2D eigenvalue weighted by molar-refractivity contribution is 4.55. The normalized spacial score (nSPS) is 13.0. The van der Waals surface area contributed by atoms with Crippen molar-refractivity contribution in [2.24, 2.45) is 0 Å². The molecular weight excluding hydrogens is 196 g/mol. The molecule has 0 bridgehead atoms. The SMILES string of the molecule is CCCC(COCCOC)OCCOC. The molecular formula is C11H24O4. The van der Waals surface area contributed by atoms with Crippen LogP contribution in [0.15, 0.2) is 0 Å². The molecule has 1 atom stereocenters. The third kappa shape index (κ3) is 10.1. The van der Waals surface area contributed by atoms with E-state index in [1.165, 1.54) is 0 Å². The quantitative estimate of drug-likeness (QED) is 0.494. The lowest BCUT2D eigenvalue weighted by molar-refractivity contribution is -0.0434. The van der Waals surface area contributed by atoms with Crippen LogP contribution in [-0.4, -0.2) is 53.4 Å². The monoisotopic (exact) mass is 220 g/mol. The molecule has 0 saturated carbocycles. The van der Waals surface area contributed by atoms with Crippen molar-refractivity contribution >= 4 is 0 Å². The Bertz CT molecular complexity index is 119. The van der Waals surface area contributed by atoms with Gasteiger partial charge in [-0.3, -0.25) is 0 Å². The van der Waals surface area contributed by atoms with Gasteiger partial charge in [0.05, 0.1) is 39.1 Å². The highest BCUT2D eigenvalue weighted by Gasteiger charge is 2.07. The number of methoxy groups -OCH3 is 2. The first-order valence-corrected chi connectivity index (χ1v) is 5.52. The van der Waals surface area contributed by atoms with E-state index in [0.29, 0.717) is 33.0 Å². The lowest BCUT2D eigenvalue weighted by Crippen LogP contribution is -2.22. The molecule has 0 saturated heterocycles. The Kier molecular flexibility index (Phi) is 11.8. The summed E-state index contributed by atoms with van der Waals surface area (Å²) in [6, 6.07) is 0. The third-order valence-corrected chi connectivity index (χ3v) is 1.99. The number of rotatable bonds is 11. The Morgan fingerprint density at radius 3 is 2.20 bits per heavy atom. The lowest BCUT2D eigenvalue weighted by Gasteiger charge is -2.17. The molecule has 4 heteroatoms. The molecule has 4 nitrogen and oxygen atoms in total. The van der Waals surface area contributed by atoms with Crippen LogP contribution in [0.5, 0.6) is 0 Å². The molecule has 0 fully saturated rings. The molecule has 0 amide bonds. The van der Waals surface area contributed by atoms with Gasteiger partial charge in [0.2, 0.25) is 0 Å². The molecule has 0 heterocycles.